The van der Waals surface area contributed by atoms with E-state index in [4.69, 9.17) is 21.1 Å². The van der Waals surface area contributed by atoms with Crippen molar-refractivity contribution in [1.82, 2.24) is 4.72 Å². The van der Waals surface area contributed by atoms with Crippen LogP contribution in [0.15, 0.2) is 47.4 Å². The summed E-state index contributed by atoms with van der Waals surface area (Å²) in [6.45, 7) is 5.55. The first-order valence-corrected chi connectivity index (χ1v) is 11.1. The molecule has 2 aromatic carbocycles. The van der Waals surface area contributed by atoms with Crippen LogP contribution in [-0.2, 0) is 19.6 Å². The molecule has 0 aliphatic heterocycles. The summed E-state index contributed by atoms with van der Waals surface area (Å²) in [6.07, 6.45) is 0. The van der Waals surface area contributed by atoms with Crippen LogP contribution in [0.1, 0.15) is 31.1 Å². The zero-order valence-electron chi connectivity index (χ0n) is 16.8. The molecule has 8 nitrogen and oxygen atoms in total. The number of carbonyl (C=O) groups is 2. The van der Waals surface area contributed by atoms with E-state index in [1.54, 1.807) is 13.8 Å². The first-order chi connectivity index (χ1) is 14.2. The maximum atomic E-state index is 12.6. The van der Waals surface area contributed by atoms with Crippen LogP contribution < -0.4 is 14.8 Å². The van der Waals surface area contributed by atoms with Gasteiger partial charge >= 0.3 is 5.97 Å². The van der Waals surface area contributed by atoms with Crippen LogP contribution >= 0.6 is 11.6 Å². The molecule has 2 aromatic rings. The van der Waals surface area contributed by atoms with Gasteiger partial charge in [-0.25, -0.2) is 13.2 Å². The van der Waals surface area contributed by atoms with Crippen LogP contribution in [0.4, 0.5) is 5.69 Å². The van der Waals surface area contributed by atoms with Crippen molar-refractivity contribution in [3.8, 4) is 5.75 Å². The van der Waals surface area contributed by atoms with Crippen molar-refractivity contribution >= 4 is 39.2 Å². The molecule has 162 valence electrons. The van der Waals surface area contributed by atoms with Gasteiger partial charge < -0.3 is 14.8 Å². The molecule has 0 saturated carbocycles. The molecule has 2 N–H and O–H groups in total. The molecule has 0 aliphatic carbocycles. The lowest BCUT2D eigenvalue weighted by atomic mass is 10.2. The maximum Gasteiger partial charge on any atom is 0.338 e. The average Bonchev–Trinajstić information content (AvgIpc) is 2.70. The summed E-state index contributed by atoms with van der Waals surface area (Å²) in [6, 6.07) is 9.05. The average molecular weight is 455 g/mol. The van der Waals surface area contributed by atoms with E-state index in [1.807, 2.05) is 0 Å². The van der Waals surface area contributed by atoms with Crippen molar-refractivity contribution in [2.24, 2.45) is 0 Å². The van der Waals surface area contributed by atoms with Crippen molar-refractivity contribution < 1.29 is 27.5 Å². The number of anilines is 1. The summed E-state index contributed by atoms with van der Waals surface area (Å²) in [4.78, 5) is 23.9. The Kier molecular flexibility index (Phi) is 8.22. The van der Waals surface area contributed by atoms with Gasteiger partial charge in [0.05, 0.1) is 34.7 Å². The molecule has 0 radical (unpaired) electrons. The highest BCUT2D eigenvalue weighted by Gasteiger charge is 2.23. The van der Waals surface area contributed by atoms with E-state index < -0.39 is 27.9 Å². The van der Waals surface area contributed by atoms with E-state index >= 15 is 0 Å². The van der Waals surface area contributed by atoms with Gasteiger partial charge in [0, 0.05) is 5.69 Å². The number of hydrogen-bond acceptors (Lipinski definition) is 6. The Morgan fingerprint density at radius 2 is 1.73 bits per heavy atom. The van der Waals surface area contributed by atoms with Crippen molar-refractivity contribution in [3.05, 3.63) is 53.1 Å². The first-order valence-electron chi connectivity index (χ1n) is 9.20. The molecule has 0 spiro atoms. The molecule has 1 amide bonds. The van der Waals surface area contributed by atoms with E-state index in [-0.39, 0.29) is 16.5 Å². The minimum absolute atomic E-state index is 0.0885. The second-order valence-corrected chi connectivity index (χ2v) is 8.28. The van der Waals surface area contributed by atoms with E-state index in [2.05, 4.69) is 10.0 Å². The van der Waals surface area contributed by atoms with Crippen LogP contribution in [0.5, 0.6) is 5.75 Å². The van der Waals surface area contributed by atoms with Gasteiger partial charge in [0.1, 0.15) is 5.75 Å². The zero-order valence-corrected chi connectivity index (χ0v) is 18.3. The number of benzene rings is 2. The quantitative estimate of drug-likeness (QED) is 0.563. The second kappa shape index (κ2) is 10.4. The summed E-state index contributed by atoms with van der Waals surface area (Å²) in [7, 11) is -3.99. The van der Waals surface area contributed by atoms with Crippen LogP contribution in [-0.4, -0.2) is 39.5 Å². The lowest BCUT2D eigenvalue weighted by Crippen LogP contribution is -2.41. The largest absolute Gasteiger partial charge is 0.492 e. The van der Waals surface area contributed by atoms with Crippen molar-refractivity contribution in [2.75, 3.05) is 18.5 Å². The Balaban J connectivity index is 2.04. The number of ether oxygens (including phenoxy) is 2. The Labute approximate surface area is 180 Å². The van der Waals surface area contributed by atoms with E-state index in [9.17, 15) is 18.0 Å². The van der Waals surface area contributed by atoms with E-state index in [0.29, 0.717) is 23.6 Å². The van der Waals surface area contributed by atoms with Gasteiger partial charge in [-0.05, 0) is 63.2 Å². The Bertz CT molecular complexity index is 1010. The summed E-state index contributed by atoms with van der Waals surface area (Å²) in [5, 5.41) is 2.74. The lowest BCUT2D eigenvalue weighted by Gasteiger charge is -2.15. The fraction of sp³-hybridized carbons (Fsp3) is 0.300. The van der Waals surface area contributed by atoms with Gasteiger partial charge in [-0.15, -0.1) is 0 Å². The third kappa shape index (κ3) is 6.19. The molecule has 2 rings (SSSR count). The van der Waals surface area contributed by atoms with E-state index in [1.165, 1.54) is 49.4 Å². The SMILES string of the molecule is CCOC(=O)c1ccc(NC(=O)[C@H](C)NS(=O)(=O)c2ccc(OCC)c(Cl)c2)cc1. The molecule has 0 aromatic heterocycles. The van der Waals surface area contributed by atoms with Gasteiger partial charge in [-0.1, -0.05) is 11.6 Å². The minimum Gasteiger partial charge on any atom is -0.492 e. The lowest BCUT2D eigenvalue weighted by molar-refractivity contribution is -0.117. The molecule has 0 bridgehead atoms. The highest BCUT2D eigenvalue weighted by molar-refractivity contribution is 7.89. The standard InChI is InChI=1S/C20H23ClN2O6S/c1-4-28-18-11-10-16(12-17(18)21)30(26,27)23-13(3)19(24)22-15-8-6-14(7-9-15)20(25)29-5-2/h6-13,23H,4-5H2,1-3H3,(H,22,24)/t13-/m0/s1. The summed E-state index contributed by atoms with van der Waals surface area (Å²) >= 11 is 6.05. The maximum absolute atomic E-state index is 12.6. The minimum atomic E-state index is -3.99. The first kappa shape index (κ1) is 23.7. The van der Waals surface area contributed by atoms with E-state index in [0.717, 1.165) is 0 Å². The number of carbonyl (C=O) groups excluding carboxylic acids is 2. The molecule has 10 heteroatoms. The van der Waals surface area contributed by atoms with Gasteiger partial charge in [0.2, 0.25) is 15.9 Å². The number of sulfonamides is 1. The topological polar surface area (TPSA) is 111 Å². The van der Waals surface area contributed by atoms with Crippen molar-refractivity contribution in [3.63, 3.8) is 0 Å². The molecular formula is C20H23ClN2O6S. The molecule has 0 unspecified atom stereocenters. The predicted octanol–water partition coefficient (Wildman–Crippen LogP) is 3.22. The van der Waals surface area contributed by atoms with Crippen LogP contribution in [0.2, 0.25) is 5.02 Å². The highest BCUT2D eigenvalue weighted by atomic mass is 35.5. The number of nitrogens with one attached hydrogen (secondary N) is 2. The molecule has 30 heavy (non-hydrogen) atoms. The predicted molar refractivity (Wildman–Crippen MR) is 113 cm³/mol. The molecule has 0 heterocycles. The van der Waals surface area contributed by atoms with Gasteiger partial charge in [-0.2, -0.15) is 4.72 Å². The Hall–Kier alpha value is -2.62. The normalized spacial score (nSPS) is 12.1. The number of amides is 1. The summed E-state index contributed by atoms with van der Waals surface area (Å²) in [5.41, 5.74) is 0.749. The third-order valence-corrected chi connectivity index (χ3v) is 5.74. The van der Waals surface area contributed by atoms with Crippen LogP contribution in [0, 0.1) is 0 Å². The second-order valence-electron chi connectivity index (χ2n) is 6.16. The summed E-state index contributed by atoms with van der Waals surface area (Å²) in [5.74, 6) is -0.666. The van der Waals surface area contributed by atoms with Gasteiger partial charge in [-0.3, -0.25) is 4.79 Å². The summed E-state index contributed by atoms with van der Waals surface area (Å²) < 4.78 is 37.6. The number of halogens is 1. The fourth-order valence-electron chi connectivity index (χ4n) is 2.43. The number of rotatable bonds is 9. The molecule has 0 saturated heterocycles. The van der Waals surface area contributed by atoms with Crippen molar-refractivity contribution in [2.45, 2.75) is 31.7 Å². The Morgan fingerprint density at radius 3 is 2.30 bits per heavy atom. The highest BCUT2D eigenvalue weighted by Crippen LogP contribution is 2.27. The number of hydrogen-bond donors (Lipinski definition) is 2. The molecule has 0 aliphatic rings. The van der Waals surface area contributed by atoms with Gasteiger partial charge in [0.25, 0.3) is 0 Å². The third-order valence-electron chi connectivity index (χ3n) is 3.90. The van der Waals surface area contributed by atoms with Crippen LogP contribution in [0.3, 0.4) is 0 Å². The molecule has 0 fully saturated rings. The molecular weight excluding hydrogens is 432 g/mol. The monoisotopic (exact) mass is 454 g/mol. The van der Waals surface area contributed by atoms with Gasteiger partial charge in [0.15, 0.2) is 0 Å². The zero-order chi connectivity index (χ0) is 22.3. The Morgan fingerprint density at radius 1 is 1.07 bits per heavy atom. The number of esters is 1. The molecule has 1 atom stereocenters. The fourth-order valence-corrected chi connectivity index (χ4v) is 3.96. The van der Waals surface area contributed by atoms with Crippen molar-refractivity contribution in [1.29, 1.82) is 0 Å². The smallest absolute Gasteiger partial charge is 0.338 e. The van der Waals surface area contributed by atoms with Crippen LogP contribution in [0.25, 0.3) is 0 Å².